The Morgan fingerprint density at radius 3 is 2.77 bits per heavy atom. The van der Waals surface area contributed by atoms with Crippen LogP contribution in [0, 0.1) is 0 Å². The van der Waals surface area contributed by atoms with Gasteiger partial charge in [-0.05, 0) is 36.1 Å². The third-order valence-corrected chi connectivity index (χ3v) is 5.46. The van der Waals surface area contributed by atoms with Crippen molar-refractivity contribution in [2.24, 2.45) is 0 Å². The molecule has 134 valence electrons. The molecule has 0 spiro atoms. The number of carbonyl (C=O) groups is 1. The number of piperazine rings is 1. The van der Waals surface area contributed by atoms with Crippen molar-refractivity contribution in [1.82, 2.24) is 15.2 Å². The van der Waals surface area contributed by atoms with E-state index in [0.717, 1.165) is 35.6 Å². The van der Waals surface area contributed by atoms with E-state index >= 15 is 0 Å². The first-order valence-corrected chi connectivity index (χ1v) is 9.41. The molecule has 2 aromatic carbocycles. The maximum Gasteiger partial charge on any atom is 0.240 e. The number of nitrogens with zero attached hydrogens (tertiary/aromatic N) is 1. The van der Waals surface area contributed by atoms with Crippen molar-refractivity contribution in [2.75, 3.05) is 19.6 Å². The molecular weight excluding hydrogens is 346 g/mol. The molecule has 4 nitrogen and oxygen atoms in total. The number of benzene rings is 2. The SMILES string of the molecule is O=C1[C@@H](Cc2c[nH]c3ccccc23)NCCN1CCc1ccccc1Cl. The largest absolute Gasteiger partial charge is 0.361 e. The number of nitrogens with one attached hydrogen (secondary N) is 2. The van der Waals surface area contributed by atoms with Crippen LogP contribution in [0.1, 0.15) is 11.1 Å². The van der Waals surface area contributed by atoms with Crippen LogP contribution in [-0.2, 0) is 17.6 Å². The van der Waals surface area contributed by atoms with Gasteiger partial charge < -0.3 is 15.2 Å². The van der Waals surface area contributed by atoms with Crippen LogP contribution in [0.3, 0.4) is 0 Å². The fraction of sp³-hybridized carbons (Fsp3) is 0.286. The average Bonchev–Trinajstić information content (AvgIpc) is 3.07. The van der Waals surface area contributed by atoms with Gasteiger partial charge in [0.1, 0.15) is 0 Å². The van der Waals surface area contributed by atoms with E-state index in [1.54, 1.807) is 0 Å². The van der Waals surface area contributed by atoms with E-state index in [-0.39, 0.29) is 11.9 Å². The topological polar surface area (TPSA) is 48.1 Å². The maximum atomic E-state index is 12.9. The molecule has 0 bridgehead atoms. The Morgan fingerprint density at radius 2 is 1.88 bits per heavy atom. The van der Waals surface area contributed by atoms with Gasteiger partial charge in [0.2, 0.25) is 5.91 Å². The number of carbonyl (C=O) groups excluding carboxylic acids is 1. The van der Waals surface area contributed by atoms with Crippen LogP contribution in [0.25, 0.3) is 10.9 Å². The minimum Gasteiger partial charge on any atom is -0.361 e. The fourth-order valence-electron chi connectivity index (χ4n) is 3.65. The van der Waals surface area contributed by atoms with Gasteiger partial charge in [-0.3, -0.25) is 4.79 Å². The van der Waals surface area contributed by atoms with Crippen molar-refractivity contribution in [1.29, 1.82) is 0 Å². The van der Waals surface area contributed by atoms with Crippen molar-refractivity contribution in [3.63, 3.8) is 0 Å². The lowest BCUT2D eigenvalue weighted by atomic mass is 10.0. The summed E-state index contributed by atoms with van der Waals surface area (Å²) in [6, 6.07) is 15.9. The van der Waals surface area contributed by atoms with Crippen LogP contribution in [-0.4, -0.2) is 41.5 Å². The van der Waals surface area contributed by atoms with Crippen LogP contribution < -0.4 is 5.32 Å². The summed E-state index contributed by atoms with van der Waals surface area (Å²) in [5.74, 6) is 0.175. The summed E-state index contributed by atoms with van der Waals surface area (Å²) < 4.78 is 0. The van der Waals surface area contributed by atoms with Crippen molar-refractivity contribution < 1.29 is 4.79 Å². The van der Waals surface area contributed by atoms with Crippen LogP contribution in [0.5, 0.6) is 0 Å². The highest BCUT2D eigenvalue weighted by Crippen LogP contribution is 2.21. The summed E-state index contributed by atoms with van der Waals surface area (Å²) in [4.78, 5) is 18.2. The molecule has 2 heterocycles. The standard InChI is InChI=1S/C21H22ClN3O/c22-18-7-3-1-5-15(18)9-11-25-12-10-23-20(21(25)26)13-16-14-24-19-8-4-2-6-17(16)19/h1-8,14,20,23-24H,9-13H2/t20-/m1/s1. The first-order chi connectivity index (χ1) is 12.7. The molecule has 1 aliphatic heterocycles. The first kappa shape index (κ1) is 17.1. The van der Waals surface area contributed by atoms with Crippen molar-refractivity contribution >= 4 is 28.4 Å². The van der Waals surface area contributed by atoms with E-state index < -0.39 is 0 Å². The quantitative estimate of drug-likeness (QED) is 0.726. The van der Waals surface area contributed by atoms with Crippen LogP contribution in [0.4, 0.5) is 0 Å². The van der Waals surface area contributed by atoms with E-state index in [1.165, 1.54) is 10.9 Å². The predicted octanol–water partition coefficient (Wildman–Crippen LogP) is 3.41. The highest BCUT2D eigenvalue weighted by atomic mass is 35.5. The number of hydrogen-bond donors (Lipinski definition) is 2. The van der Waals surface area contributed by atoms with Gasteiger partial charge >= 0.3 is 0 Å². The summed E-state index contributed by atoms with van der Waals surface area (Å²) >= 11 is 6.24. The molecule has 4 rings (SSSR count). The van der Waals surface area contributed by atoms with Crippen molar-refractivity contribution in [2.45, 2.75) is 18.9 Å². The second kappa shape index (κ2) is 7.52. The normalized spacial score (nSPS) is 17.8. The molecule has 1 atom stereocenters. The second-order valence-corrected chi connectivity index (χ2v) is 7.14. The van der Waals surface area contributed by atoms with E-state index in [4.69, 9.17) is 11.6 Å². The first-order valence-electron chi connectivity index (χ1n) is 9.03. The molecule has 3 aromatic rings. The minimum atomic E-state index is -0.172. The maximum absolute atomic E-state index is 12.9. The highest BCUT2D eigenvalue weighted by Gasteiger charge is 2.28. The van der Waals surface area contributed by atoms with Gasteiger partial charge in [0, 0.05) is 41.8 Å². The van der Waals surface area contributed by atoms with Crippen molar-refractivity contribution in [3.05, 3.63) is 70.9 Å². The molecule has 0 saturated carbocycles. The predicted molar refractivity (Wildman–Crippen MR) is 106 cm³/mol. The Labute approximate surface area is 158 Å². The number of aromatic nitrogens is 1. The van der Waals surface area contributed by atoms with Gasteiger partial charge in [-0.25, -0.2) is 0 Å². The molecular formula is C21H22ClN3O. The minimum absolute atomic E-state index is 0.172. The van der Waals surface area contributed by atoms with E-state index in [1.807, 2.05) is 47.5 Å². The zero-order valence-electron chi connectivity index (χ0n) is 14.5. The van der Waals surface area contributed by atoms with E-state index in [0.29, 0.717) is 13.0 Å². The monoisotopic (exact) mass is 367 g/mol. The number of para-hydroxylation sites is 1. The zero-order chi connectivity index (χ0) is 17.9. The fourth-order valence-corrected chi connectivity index (χ4v) is 3.88. The lowest BCUT2D eigenvalue weighted by molar-refractivity contribution is -0.135. The molecule has 0 radical (unpaired) electrons. The Bertz CT molecular complexity index is 920. The number of H-pyrrole nitrogens is 1. The lowest BCUT2D eigenvalue weighted by Crippen LogP contribution is -2.56. The van der Waals surface area contributed by atoms with Gasteiger partial charge in [0.05, 0.1) is 6.04 Å². The molecule has 1 aromatic heterocycles. The summed E-state index contributed by atoms with van der Waals surface area (Å²) in [6.45, 7) is 2.27. The number of amides is 1. The highest BCUT2D eigenvalue weighted by molar-refractivity contribution is 6.31. The molecule has 26 heavy (non-hydrogen) atoms. The number of aromatic amines is 1. The molecule has 2 N–H and O–H groups in total. The van der Waals surface area contributed by atoms with Crippen molar-refractivity contribution in [3.8, 4) is 0 Å². The number of hydrogen-bond acceptors (Lipinski definition) is 2. The lowest BCUT2D eigenvalue weighted by Gasteiger charge is -2.33. The third kappa shape index (κ3) is 3.48. The van der Waals surface area contributed by atoms with Gasteiger partial charge in [-0.15, -0.1) is 0 Å². The summed E-state index contributed by atoms with van der Waals surface area (Å²) in [7, 11) is 0. The average molecular weight is 368 g/mol. The molecule has 5 heteroatoms. The smallest absolute Gasteiger partial charge is 0.240 e. The van der Waals surface area contributed by atoms with Crippen LogP contribution in [0.15, 0.2) is 54.7 Å². The summed E-state index contributed by atoms with van der Waals surface area (Å²) in [6.07, 6.45) is 3.50. The Morgan fingerprint density at radius 1 is 1.08 bits per heavy atom. The van der Waals surface area contributed by atoms with Gasteiger partial charge in [-0.1, -0.05) is 48.0 Å². The van der Waals surface area contributed by atoms with Gasteiger partial charge in [0.15, 0.2) is 0 Å². The molecule has 1 saturated heterocycles. The molecule has 1 amide bonds. The number of fused-ring (bicyclic) bond motifs is 1. The van der Waals surface area contributed by atoms with Gasteiger partial charge in [-0.2, -0.15) is 0 Å². The van der Waals surface area contributed by atoms with Crippen LogP contribution >= 0.6 is 11.6 Å². The molecule has 1 fully saturated rings. The van der Waals surface area contributed by atoms with Crippen LogP contribution in [0.2, 0.25) is 5.02 Å². The Hall–Kier alpha value is -2.30. The Balaban J connectivity index is 1.43. The van der Waals surface area contributed by atoms with Gasteiger partial charge in [0.25, 0.3) is 0 Å². The second-order valence-electron chi connectivity index (χ2n) is 6.74. The molecule has 0 unspecified atom stereocenters. The molecule has 0 aliphatic carbocycles. The third-order valence-electron chi connectivity index (χ3n) is 5.09. The summed E-state index contributed by atoms with van der Waals surface area (Å²) in [5, 5.41) is 5.34. The molecule has 1 aliphatic rings. The Kier molecular flexibility index (Phi) is 4.96. The van der Waals surface area contributed by atoms with E-state index in [2.05, 4.69) is 22.4 Å². The number of rotatable bonds is 5. The number of halogens is 1. The van der Waals surface area contributed by atoms with E-state index in [9.17, 15) is 4.79 Å². The summed E-state index contributed by atoms with van der Waals surface area (Å²) in [5.41, 5.74) is 3.38. The zero-order valence-corrected chi connectivity index (χ0v) is 15.3.